The minimum absolute atomic E-state index is 0.0926. The molecule has 152 valence electrons. The van der Waals surface area contributed by atoms with Crippen molar-refractivity contribution in [2.45, 2.75) is 18.9 Å². The minimum atomic E-state index is -0.0926. The highest BCUT2D eigenvalue weighted by molar-refractivity contribution is 8.00. The van der Waals surface area contributed by atoms with Gasteiger partial charge in [0.05, 0.1) is 22.6 Å². The molecule has 4 rings (SSSR count). The van der Waals surface area contributed by atoms with Crippen LogP contribution in [0.5, 0.6) is 5.75 Å². The van der Waals surface area contributed by atoms with E-state index in [0.29, 0.717) is 5.03 Å². The summed E-state index contributed by atoms with van der Waals surface area (Å²) in [6.07, 6.45) is 0. The number of thiazole rings is 1. The number of benzene rings is 2. The van der Waals surface area contributed by atoms with Gasteiger partial charge in [-0.25, -0.2) is 4.98 Å². The molecule has 1 N–H and O–H groups in total. The number of rotatable bonds is 6. The third-order valence-corrected chi connectivity index (χ3v) is 6.36. The Kier molecular flexibility index (Phi) is 5.96. The highest BCUT2D eigenvalue weighted by atomic mass is 32.2. The molecule has 2 aromatic carbocycles. The fraction of sp³-hybridized carbons (Fsp3) is 0.182. The molecule has 30 heavy (non-hydrogen) atoms. The van der Waals surface area contributed by atoms with E-state index in [4.69, 9.17) is 4.74 Å². The second-order valence-electron chi connectivity index (χ2n) is 6.70. The van der Waals surface area contributed by atoms with Gasteiger partial charge in [-0.3, -0.25) is 4.79 Å². The van der Waals surface area contributed by atoms with Crippen LogP contribution in [0.2, 0.25) is 0 Å². The second-order valence-corrected chi connectivity index (χ2v) is 8.86. The van der Waals surface area contributed by atoms with E-state index < -0.39 is 0 Å². The van der Waals surface area contributed by atoms with Gasteiger partial charge in [0.2, 0.25) is 5.91 Å². The summed E-state index contributed by atoms with van der Waals surface area (Å²) >= 11 is 2.92. The smallest absolute Gasteiger partial charge is 0.234 e. The summed E-state index contributed by atoms with van der Waals surface area (Å²) in [6, 6.07) is 15.4. The van der Waals surface area contributed by atoms with Gasteiger partial charge in [0.25, 0.3) is 0 Å². The maximum atomic E-state index is 12.4. The molecular weight excluding hydrogens is 416 g/mol. The van der Waals surface area contributed by atoms with Crippen molar-refractivity contribution in [3.8, 4) is 17.0 Å². The predicted octanol–water partition coefficient (Wildman–Crippen LogP) is 5.11. The number of methoxy groups -OCH3 is 1. The number of nitrogens with one attached hydrogen (secondary N) is 1. The predicted molar refractivity (Wildman–Crippen MR) is 122 cm³/mol. The summed E-state index contributed by atoms with van der Waals surface area (Å²) in [6.45, 7) is 3.97. The maximum absolute atomic E-state index is 12.4. The van der Waals surface area contributed by atoms with Crippen molar-refractivity contribution in [3.63, 3.8) is 0 Å². The molecule has 0 aliphatic rings. The Morgan fingerprint density at radius 3 is 2.50 bits per heavy atom. The summed E-state index contributed by atoms with van der Waals surface area (Å²) < 4.78 is 6.20. The largest absolute Gasteiger partial charge is 0.497 e. The van der Waals surface area contributed by atoms with Gasteiger partial charge in [0.1, 0.15) is 22.0 Å². The molecule has 2 aromatic heterocycles. The van der Waals surface area contributed by atoms with Crippen molar-refractivity contribution in [2.75, 3.05) is 18.2 Å². The monoisotopic (exact) mass is 436 g/mol. The number of hydrogen-bond donors (Lipinski definition) is 1. The normalized spacial score (nSPS) is 10.9. The first-order valence-corrected chi connectivity index (χ1v) is 11.1. The number of aryl methyl sites for hydroxylation is 2. The zero-order chi connectivity index (χ0) is 21.1. The van der Waals surface area contributed by atoms with E-state index in [9.17, 15) is 4.79 Å². The lowest BCUT2D eigenvalue weighted by Gasteiger charge is -2.07. The molecule has 0 unspecified atom stereocenters. The molecule has 0 atom stereocenters. The SMILES string of the molecule is COc1ccc(-c2nnc(SCC(=O)Nc3ccc(C)cc3)c3nc(C)sc23)cc1. The second kappa shape index (κ2) is 8.81. The third kappa shape index (κ3) is 4.44. The van der Waals surface area contributed by atoms with Crippen molar-refractivity contribution in [2.24, 2.45) is 0 Å². The van der Waals surface area contributed by atoms with Crippen molar-refractivity contribution >= 4 is 44.9 Å². The number of thioether (sulfide) groups is 1. The van der Waals surface area contributed by atoms with Gasteiger partial charge in [-0.05, 0) is 50.2 Å². The molecule has 6 nitrogen and oxygen atoms in total. The first-order chi connectivity index (χ1) is 14.5. The van der Waals surface area contributed by atoms with Crippen LogP contribution in [0, 0.1) is 13.8 Å². The Labute approximate surface area is 182 Å². The van der Waals surface area contributed by atoms with E-state index in [-0.39, 0.29) is 11.7 Å². The Morgan fingerprint density at radius 1 is 1.07 bits per heavy atom. The van der Waals surface area contributed by atoms with Crippen LogP contribution in [0.4, 0.5) is 5.69 Å². The molecule has 2 heterocycles. The Morgan fingerprint density at radius 2 is 1.80 bits per heavy atom. The molecule has 0 aliphatic carbocycles. The molecule has 8 heteroatoms. The summed E-state index contributed by atoms with van der Waals surface area (Å²) in [7, 11) is 1.64. The Hall–Kier alpha value is -2.97. The molecule has 4 aromatic rings. The molecule has 0 radical (unpaired) electrons. The molecule has 0 fully saturated rings. The van der Waals surface area contributed by atoms with Crippen LogP contribution >= 0.6 is 23.1 Å². The van der Waals surface area contributed by atoms with Crippen LogP contribution < -0.4 is 10.1 Å². The van der Waals surface area contributed by atoms with E-state index in [0.717, 1.165) is 43.5 Å². The zero-order valence-electron chi connectivity index (χ0n) is 16.8. The van der Waals surface area contributed by atoms with Crippen molar-refractivity contribution in [1.29, 1.82) is 0 Å². The zero-order valence-corrected chi connectivity index (χ0v) is 18.4. The van der Waals surface area contributed by atoms with Crippen molar-refractivity contribution in [1.82, 2.24) is 15.2 Å². The van der Waals surface area contributed by atoms with Gasteiger partial charge in [-0.15, -0.1) is 21.5 Å². The maximum Gasteiger partial charge on any atom is 0.234 e. The van der Waals surface area contributed by atoms with Gasteiger partial charge < -0.3 is 10.1 Å². The molecular formula is C22H20N4O2S2. The summed E-state index contributed by atoms with van der Waals surface area (Å²) in [5, 5.41) is 13.3. The van der Waals surface area contributed by atoms with E-state index in [1.54, 1.807) is 18.4 Å². The molecule has 1 amide bonds. The van der Waals surface area contributed by atoms with Crippen LogP contribution in [-0.2, 0) is 4.79 Å². The topological polar surface area (TPSA) is 77.0 Å². The summed E-state index contributed by atoms with van der Waals surface area (Å²) in [5.41, 5.74) is 4.45. The minimum Gasteiger partial charge on any atom is -0.497 e. The van der Waals surface area contributed by atoms with Gasteiger partial charge >= 0.3 is 0 Å². The van der Waals surface area contributed by atoms with Crippen LogP contribution in [0.15, 0.2) is 53.6 Å². The van der Waals surface area contributed by atoms with E-state index in [2.05, 4.69) is 20.5 Å². The third-order valence-electron chi connectivity index (χ3n) is 4.43. The van der Waals surface area contributed by atoms with Crippen LogP contribution in [0.3, 0.4) is 0 Å². The van der Waals surface area contributed by atoms with Crippen LogP contribution in [0.1, 0.15) is 10.6 Å². The number of hydrogen-bond acceptors (Lipinski definition) is 7. The highest BCUT2D eigenvalue weighted by Gasteiger charge is 2.17. The first kappa shape index (κ1) is 20.3. The van der Waals surface area contributed by atoms with E-state index in [1.807, 2.05) is 62.4 Å². The van der Waals surface area contributed by atoms with Crippen molar-refractivity contribution in [3.05, 3.63) is 59.1 Å². The van der Waals surface area contributed by atoms with Gasteiger partial charge in [0, 0.05) is 11.3 Å². The quantitative estimate of drug-likeness (QED) is 0.423. The average molecular weight is 437 g/mol. The number of nitrogens with zero attached hydrogens (tertiary/aromatic N) is 3. The lowest BCUT2D eigenvalue weighted by molar-refractivity contribution is -0.113. The fourth-order valence-electron chi connectivity index (χ4n) is 2.92. The lowest BCUT2D eigenvalue weighted by atomic mass is 10.1. The van der Waals surface area contributed by atoms with Gasteiger partial charge in [0.15, 0.2) is 0 Å². The molecule has 0 bridgehead atoms. The molecule has 0 saturated heterocycles. The van der Waals surface area contributed by atoms with Crippen molar-refractivity contribution < 1.29 is 9.53 Å². The number of carbonyl (C=O) groups excluding carboxylic acids is 1. The Balaban J connectivity index is 1.54. The first-order valence-electron chi connectivity index (χ1n) is 9.31. The fourth-order valence-corrected chi connectivity index (χ4v) is 4.64. The molecule has 0 aliphatic heterocycles. The molecule has 0 spiro atoms. The van der Waals surface area contributed by atoms with E-state index >= 15 is 0 Å². The number of carbonyl (C=O) groups is 1. The van der Waals surface area contributed by atoms with Crippen LogP contribution in [0.25, 0.3) is 21.5 Å². The van der Waals surface area contributed by atoms with Crippen LogP contribution in [-0.4, -0.2) is 34.0 Å². The average Bonchev–Trinajstić information content (AvgIpc) is 3.15. The highest BCUT2D eigenvalue weighted by Crippen LogP contribution is 2.35. The number of aromatic nitrogens is 3. The summed E-state index contributed by atoms with van der Waals surface area (Å²) in [5.74, 6) is 0.927. The number of anilines is 1. The standard InChI is InChI=1S/C22H20N4O2S2/c1-13-4-8-16(9-5-13)24-18(27)12-29-22-20-21(30-14(2)23-20)19(25-26-22)15-6-10-17(28-3)11-7-15/h4-11H,12H2,1-3H3,(H,24,27). The summed E-state index contributed by atoms with van der Waals surface area (Å²) in [4.78, 5) is 17.0. The number of fused-ring (bicyclic) bond motifs is 1. The number of ether oxygens (including phenoxy) is 1. The van der Waals surface area contributed by atoms with Gasteiger partial charge in [-0.2, -0.15) is 0 Å². The van der Waals surface area contributed by atoms with Gasteiger partial charge in [-0.1, -0.05) is 29.5 Å². The number of amides is 1. The lowest BCUT2D eigenvalue weighted by Crippen LogP contribution is -2.14. The Bertz CT molecular complexity index is 1190. The molecule has 0 saturated carbocycles. The van der Waals surface area contributed by atoms with E-state index in [1.165, 1.54) is 11.8 Å².